The Morgan fingerprint density at radius 2 is 2.12 bits per heavy atom. The highest BCUT2D eigenvalue weighted by Crippen LogP contribution is 2.08. The molecule has 0 aliphatic rings. The Morgan fingerprint density at radius 3 is 2.76 bits per heavy atom. The molecule has 1 amide bonds. The van der Waals surface area contributed by atoms with Crippen LogP contribution < -0.4 is 5.32 Å². The second-order valence-corrected chi connectivity index (χ2v) is 3.54. The van der Waals surface area contributed by atoms with E-state index in [2.05, 4.69) is 15.4 Å². The summed E-state index contributed by atoms with van der Waals surface area (Å²) < 4.78 is 1.45. The van der Waals surface area contributed by atoms with Gasteiger partial charge in [-0.3, -0.25) is 4.79 Å². The first-order valence-corrected chi connectivity index (χ1v) is 5.11. The first-order valence-electron chi connectivity index (χ1n) is 5.11. The fourth-order valence-electron chi connectivity index (χ4n) is 1.33. The van der Waals surface area contributed by atoms with Crippen LogP contribution >= 0.6 is 0 Å². The Bertz CT molecular complexity index is 479. The number of hydrogen-bond acceptors (Lipinski definition) is 4. The number of phenolic OH excluding ortho intramolecular Hbond substituents is 1. The summed E-state index contributed by atoms with van der Waals surface area (Å²) in [5, 5.41) is 15.7. The molecule has 0 spiro atoms. The summed E-state index contributed by atoms with van der Waals surface area (Å²) in [5.41, 5.74) is 0.926. The number of nitrogens with one attached hydrogen (secondary N) is 1. The van der Waals surface area contributed by atoms with Gasteiger partial charge < -0.3 is 10.4 Å². The van der Waals surface area contributed by atoms with E-state index in [1.807, 2.05) is 0 Å². The standard InChI is InChI=1S/C11H12N4O2/c16-10-3-1-9(2-4-10)5-13-11(17)6-15-8-12-7-14-15/h1-4,7-8,16H,5-6H2,(H,13,17). The van der Waals surface area contributed by atoms with Crippen LogP contribution in [0, 0.1) is 0 Å². The maximum Gasteiger partial charge on any atom is 0.242 e. The lowest BCUT2D eigenvalue weighted by atomic mass is 10.2. The van der Waals surface area contributed by atoms with E-state index in [4.69, 9.17) is 5.11 Å². The highest BCUT2D eigenvalue weighted by molar-refractivity contribution is 5.75. The van der Waals surface area contributed by atoms with Crippen molar-refractivity contribution in [3.05, 3.63) is 42.5 Å². The van der Waals surface area contributed by atoms with Crippen LogP contribution in [0.1, 0.15) is 5.56 Å². The van der Waals surface area contributed by atoms with Gasteiger partial charge in [0.25, 0.3) is 0 Å². The summed E-state index contributed by atoms with van der Waals surface area (Å²) in [7, 11) is 0. The van der Waals surface area contributed by atoms with Crippen LogP contribution in [0.2, 0.25) is 0 Å². The minimum atomic E-state index is -0.136. The van der Waals surface area contributed by atoms with Crippen LogP contribution in [-0.2, 0) is 17.9 Å². The number of aromatic hydroxyl groups is 1. The zero-order chi connectivity index (χ0) is 12.1. The smallest absolute Gasteiger partial charge is 0.242 e. The molecule has 1 aromatic heterocycles. The monoisotopic (exact) mass is 232 g/mol. The van der Waals surface area contributed by atoms with Crippen LogP contribution in [0.5, 0.6) is 5.75 Å². The highest BCUT2D eigenvalue weighted by atomic mass is 16.3. The summed E-state index contributed by atoms with van der Waals surface area (Å²) in [4.78, 5) is 15.2. The molecule has 0 unspecified atom stereocenters. The van der Waals surface area contributed by atoms with Gasteiger partial charge in [0.15, 0.2) is 0 Å². The third-order valence-electron chi connectivity index (χ3n) is 2.20. The number of amides is 1. The summed E-state index contributed by atoms with van der Waals surface area (Å²) in [6.07, 6.45) is 2.87. The van der Waals surface area contributed by atoms with Crippen molar-refractivity contribution in [2.75, 3.05) is 0 Å². The summed E-state index contributed by atoms with van der Waals surface area (Å²) in [6.45, 7) is 0.575. The zero-order valence-electron chi connectivity index (χ0n) is 9.08. The van der Waals surface area contributed by atoms with Crippen molar-refractivity contribution in [1.82, 2.24) is 20.1 Å². The van der Waals surface area contributed by atoms with Crippen molar-refractivity contribution < 1.29 is 9.90 Å². The van der Waals surface area contributed by atoms with Gasteiger partial charge in [-0.1, -0.05) is 12.1 Å². The quantitative estimate of drug-likeness (QED) is 0.794. The number of carbonyl (C=O) groups is 1. The van der Waals surface area contributed by atoms with Crippen LogP contribution in [-0.4, -0.2) is 25.8 Å². The third-order valence-corrected chi connectivity index (χ3v) is 2.20. The lowest BCUT2D eigenvalue weighted by Crippen LogP contribution is -2.27. The molecule has 0 atom stereocenters. The Labute approximate surface area is 97.9 Å². The molecular formula is C11H12N4O2. The van der Waals surface area contributed by atoms with Gasteiger partial charge in [-0.2, -0.15) is 5.10 Å². The highest BCUT2D eigenvalue weighted by Gasteiger charge is 2.02. The van der Waals surface area contributed by atoms with Crippen LogP contribution in [0.15, 0.2) is 36.9 Å². The Kier molecular flexibility index (Phi) is 3.34. The average molecular weight is 232 g/mol. The van der Waals surface area contributed by atoms with Crippen molar-refractivity contribution in [3.8, 4) is 5.75 Å². The lowest BCUT2D eigenvalue weighted by molar-refractivity contribution is -0.122. The molecule has 1 aromatic carbocycles. The van der Waals surface area contributed by atoms with Gasteiger partial charge in [0.2, 0.25) is 5.91 Å². The SMILES string of the molecule is O=C(Cn1cncn1)NCc1ccc(O)cc1. The van der Waals surface area contributed by atoms with Crippen molar-refractivity contribution in [3.63, 3.8) is 0 Å². The summed E-state index contributed by atoms with van der Waals surface area (Å²) in [6, 6.07) is 6.67. The number of benzene rings is 1. The fraction of sp³-hybridized carbons (Fsp3) is 0.182. The normalized spacial score (nSPS) is 10.1. The Hall–Kier alpha value is -2.37. The van der Waals surface area contributed by atoms with E-state index in [0.717, 1.165) is 5.56 Å². The lowest BCUT2D eigenvalue weighted by Gasteiger charge is -2.05. The Balaban J connectivity index is 1.82. The molecule has 1 heterocycles. The molecule has 0 fully saturated rings. The van der Waals surface area contributed by atoms with Crippen molar-refractivity contribution in [1.29, 1.82) is 0 Å². The second kappa shape index (κ2) is 5.11. The molecule has 0 saturated heterocycles. The molecule has 2 rings (SSSR count). The van der Waals surface area contributed by atoms with Gasteiger partial charge in [0.05, 0.1) is 0 Å². The molecule has 2 N–H and O–H groups in total. The first-order chi connectivity index (χ1) is 8.24. The molecule has 0 bridgehead atoms. The largest absolute Gasteiger partial charge is 0.508 e. The maximum absolute atomic E-state index is 11.5. The minimum absolute atomic E-state index is 0.136. The Morgan fingerprint density at radius 1 is 1.35 bits per heavy atom. The fourth-order valence-corrected chi connectivity index (χ4v) is 1.33. The summed E-state index contributed by atoms with van der Waals surface area (Å²) in [5.74, 6) is 0.0752. The van der Waals surface area contributed by atoms with Gasteiger partial charge in [-0.15, -0.1) is 0 Å². The second-order valence-electron chi connectivity index (χ2n) is 3.54. The van der Waals surface area contributed by atoms with E-state index >= 15 is 0 Å². The van der Waals surface area contributed by atoms with Gasteiger partial charge in [0.1, 0.15) is 24.9 Å². The van der Waals surface area contributed by atoms with E-state index in [1.54, 1.807) is 24.3 Å². The van der Waals surface area contributed by atoms with E-state index in [0.29, 0.717) is 6.54 Å². The van der Waals surface area contributed by atoms with Crippen LogP contribution in [0.4, 0.5) is 0 Å². The number of rotatable bonds is 4. The predicted molar refractivity (Wildman–Crippen MR) is 60.0 cm³/mol. The molecule has 0 saturated carbocycles. The van der Waals surface area contributed by atoms with E-state index in [-0.39, 0.29) is 18.2 Å². The third kappa shape index (κ3) is 3.30. The number of phenols is 1. The van der Waals surface area contributed by atoms with Crippen molar-refractivity contribution in [2.24, 2.45) is 0 Å². The molecule has 88 valence electrons. The molecular weight excluding hydrogens is 220 g/mol. The maximum atomic E-state index is 11.5. The van der Waals surface area contributed by atoms with E-state index < -0.39 is 0 Å². The molecule has 0 radical (unpaired) electrons. The molecule has 17 heavy (non-hydrogen) atoms. The zero-order valence-corrected chi connectivity index (χ0v) is 9.08. The minimum Gasteiger partial charge on any atom is -0.508 e. The van der Waals surface area contributed by atoms with Crippen molar-refractivity contribution in [2.45, 2.75) is 13.1 Å². The molecule has 6 nitrogen and oxygen atoms in total. The van der Waals surface area contributed by atoms with Crippen molar-refractivity contribution >= 4 is 5.91 Å². The number of hydrogen-bond donors (Lipinski definition) is 2. The molecule has 0 aliphatic heterocycles. The van der Waals surface area contributed by atoms with Gasteiger partial charge >= 0.3 is 0 Å². The average Bonchev–Trinajstić information content (AvgIpc) is 2.81. The molecule has 6 heteroatoms. The van der Waals surface area contributed by atoms with Gasteiger partial charge in [0, 0.05) is 6.54 Å². The van der Waals surface area contributed by atoms with E-state index in [9.17, 15) is 4.79 Å². The van der Waals surface area contributed by atoms with Gasteiger partial charge in [-0.25, -0.2) is 9.67 Å². The number of aromatic nitrogens is 3. The number of carbonyl (C=O) groups excluding carboxylic acids is 1. The molecule has 2 aromatic rings. The number of nitrogens with zero attached hydrogens (tertiary/aromatic N) is 3. The van der Waals surface area contributed by atoms with E-state index in [1.165, 1.54) is 17.3 Å². The summed E-state index contributed by atoms with van der Waals surface area (Å²) >= 11 is 0. The first kappa shape index (κ1) is 11.1. The topological polar surface area (TPSA) is 80.0 Å². The predicted octanol–water partition coefficient (Wildman–Crippen LogP) is 0.300. The van der Waals surface area contributed by atoms with Crippen LogP contribution in [0.3, 0.4) is 0 Å². The van der Waals surface area contributed by atoms with Crippen LogP contribution in [0.25, 0.3) is 0 Å². The molecule has 0 aliphatic carbocycles. The van der Waals surface area contributed by atoms with Gasteiger partial charge in [-0.05, 0) is 17.7 Å².